The third-order valence-corrected chi connectivity index (χ3v) is 6.77. The summed E-state index contributed by atoms with van der Waals surface area (Å²) >= 11 is 0. The predicted molar refractivity (Wildman–Crippen MR) is 117 cm³/mol. The van der Waals surface area contributed by atoms with E-state index in [1.54, 1.807) is 17.0 Å². The highest BCUT2D eigenvalue weighted by molar-refractivity contribution is 6.05. The van der Waals surface area contributed by atoms with Gasteiger partial charge in [-0.2, -0.15) is 13.2 Å². The Labute approximate surface area is 190 Å². The first-order valence-corrected chi connectivity index (χ1v) is 11.5. The Morgan fingerprint density at radius 1 is 1.00 bits per heavy atom. The van der Waals surface area contributed by atoms with Crippen LogP contribution in [0.2, 0.25) is 0 Å². The van der Waals surface area contributed by atoms with Crippen LogP contribution < -0.4 is 10.2 Å². The van der Waals surface area contributed by atoms with Crippen LogP contribution in [0, 0.1) is 5.92 Å². The number of halogens is 3. The zero-order valence-corrected chi connectivity index (χ0v) is 18.4. The summed E-state index contributed by atoms with van der Waals surface area (Å²) in [5.41, 5.74) is 0.229. The van der Waals surface area contributed by atoms with Crippen LogP contribution in [0.1, 0.15) is 38.5 Å². The van der Waals surface area contributed by atoms with Crippen molar-refractivity contribution in [2.24, 2.45) is 5.92 Å². The summed E-state index contributed by atoms with van der Waals surface area (Å²) in [5.74, 6) is -1.27. The van der Waals surface area contributed by atoms with Gasteiger partial charge in [-0.3, -0.25) is 24.2 Å². The zero-order chi connectivity index (χ0) is 23.6. The molecule has 0 aromatic heterocycles. The number of alkyl halides is 3. The molecule has 1 saturated heterocycles. The highest BCUT2D eigenvalue weighted by Crippen LogP contribution is 2.37. The number of anilines is 2. The van der Waals surface area contributed by atoms with Crippen molar-refractivity contribution in [3.05, 3.63) is 24.3 Å². The molecule has 1 atom stereocenters. The zero-order valence-electron chi connectivity index (χ0n) is 18.4. The molecule has 33 heavy (non-hydrogen) atoms. The van der Waals surface area contributed by atoms with E-state index in [1.807, 2.05) is 4.90 Å². The van der Waals surface area contributed by atoms with Gasteiger partial charge in [-0.05, 0) is 25.0 Å². The molecule has 2 heterocycles. The van der Waals surface area contributed by atoms with E-state index in [0.29, 0.717) is 31.1 Å². The maximum Gasteiger partial charge on any atom is 0.409 e. The molecule has 10 heteroatoms. The number of nitrogens with one attached hydrogen (secondary N) is 1. The van der Waals surface area contributed by atoms with Crippen LogP contribution in [0.3, 0.4) is 0 Å². The van der Waals surface area contributed by atoms with Gasteiger partial charge < -0.3 is 10.2 Å². The first-order valence-electron chi connectivity index (χ1n) is 11.5. The number of nitrogens with zero attached hydrogens (tertiary/aromatic N) is 3. The summed E-state index contributed by atoms with van der Waals surface area (Å²) in [4.78, 5) is 42.3. The predicted octanol–water partition coefficient (Wildman–Crippen LogP) is 3.02. The molecule has 0 radical (unpaired) electrons. The number of carbonyl (C=O) groups excluding carboxylic acids is 3. The van der Waals surface area contributed by atoms with Crippen LogP contribution in [-0.4, -0.2) is 72.5 Å². The number of benzene rings is 1. The Morgan fingerprint density at radius 3 is 2.33 bits per heavy atom. The van der Waals surface area contributed by atoms with E-state index in [-0.39, 0.29) is 29.7 Å². The Kier molecular flexibility index (Phi) is 6.92. The molecule has 1 N–H and O–H groups in total. The molecule has 1 aromatic rings. The lowest BCUT2D eigenvalue weighted by Crippen LogP contribution is -2.55. The van der Waals surface area contributed by atoms with Crippen LogP contribution >= 0.6 is 0 Å². The summed E-state index contributed by atoms with van der Waals surface area (Å²) in [6.45, 7) is 1.56. The average molecular weight is 467 g/mol. The fourth-order valence-electron chi connectivity index (χ4n) is 5.00. The third-order valence-electron chi connectivity index (χ3n) is 6.77. The molecule has 1 aliphatic carbocycles. The van der Waals surface area contributed by atoms with Gasteiger partial charge in [0.15, 0.2) is 0 Å². The maximum atomic E-state index is 13.9. The molecule has 1 aromatic carbocycles. The van der Waals surface area contributed by atoms with Gasteiger partial charge in [0.1, 0.15) is 6.04 Å². The van der Waals surface area contributed by atoms with Gasteiger partial charge in [-0.1, -0.05) is 31.4 Å². The van der Waals surface area contributed by atoms with E-state index in [4.69, 9.17) is 0 Å². The van der Waals surface area contributed by atoms with E-state index in [9.17, 15) is 27.6 Å². The van der Waals surface area contributed by atoms with Crippen molar-refractivity contribution in [2.45, 2.75) is 50.7 Å². The number of para-hydroxylation sites is 2. The van der Waals surface area contributed by atoms with E-state index >= 15 is 0 Å². The Bertz CT molecular complexity index is 893. The molecule has 3 amide bonds. The summed E-state index contributed by atoms with van der Waals surface area (Å²) < 4.78 is 41.6. The van der Waals surface area contributed by atoms with Crippen molar-refractivity contribution in [1.82, 2.24) is 9.80 Å². The number of hydrogen-bond acceptors (Lipinski definition) is 4. The lowest BCUT2D eigenvalue weighted by Gasteiger charge is -2.38. The second kappa shape index (κ2) is 9.70. The molecule has 180 valence electrons. The van der Waals surface area contributed by atoms with Crippen LogP contribution in [0.4, 0.5) is 24.5 Å². The SMILES string of the molecule is O=C1CC(C(F)(F)F)N(C(=O)CN2CCN(C(=O)C3CCCCC3)CC2)c2ccccc2N1. The van der Waals surface area contributed by atoms with Crippen molar-refractivity contribution in [2.75, 3.05) is 42.9 Å². The van der Waals surface area contributed by atoms with Gasteiger partial charge in [-0.25, -0.2) is 0 Å². The number of rotatable bonds is 3. The smallest absolute Gasteiger partial charge is 0.340 e. The minimum atomic E-state index is -4.75. The van der Waals surface area contributed by atoms with Gasteiger partial charge in [0.05, 0.1) is 24.3 Å². The number of hydrogen-bond donors (Lipinski definition) is 1. The topological polar surface area (TPSA) is 73.0 Å². The normalized spacial score (nSPS) is 23.0. The number of piperazine rings is 1. The molecule has 3 aliphatic rings. The van der Waals surface area contributed by atoms with Gasteiger partial charge in [0.25, 0.3) is 0 Å². The molecule has 1 unspecified atom stereocenters. The fourth-order valence-corrected chi connectivity index (χ4v) is 5.00. The lowest BCUT2D eigenvalue weighted by molar-refractivity contribution is -0.158. The van der Waals surface area contributed by atoms with Crippen molar-refractivity contribution in [3.8, 4) is 0 Å². The monoisotopic (exact) mass is 466 g/mol. The molecular weight excluding hydrogens is 437 g/mol. The van der Waals surface area contributed by atoms with Crippen molar-refractivity contribution in [3.63, 3.8) is 0 Å². The van der Waals surface area contributed by atoms with E-state index < -0.39 is 30.5 Å². The number of amides is 3. The molecule has 2 fully saturated rings. The van der Waals surface area contributed by atoms with Gasteiger partial charge in [0, 0.05) is 32.1 Å². The standard InChI is InChI=1S/C23H29F3N4O3/c24-23(25,26)19-14-20(31)27-17-8-4-5-9-18(17)30(19)21(32)15-28-10-12-29(13-11-28)22(33)16-6-2-1-3-7-16/h4-5,8-9,16,19H,1-3,6-7,10-15H2,(H,27,31). The van der Waals surface area contributed by atoms with Crippen LogP contribution in [0.25, 0.3) is 0 Å². The summed E-state index contributed by atoms with van der Waals surface area (Å²) in [6, 6.07) is 3.81. The van der Waals surface area contributed by atoms with Crippen LogP contribution in [-0.2, 0) is 14.4 Å². The number of fused-ring (bicyclic) bond motifs is 1. The molecule has 2 aliphatic heterocycles. The van der Waals surface area contributed by atoms with Crippen molar-refractivity contribution < 1.29 is 27.6 Å². The molecule has 4 rings (SSSR count). The van der Waals surface area contributed by atoms with E-state index in [1.165, 1.54) is 18.6 Å². The summed E-state index contributed by atoms with van der Waals surface area (Å²) in [7, 11) is 0. The summed E-state index contributed by atoms with van der Waals surface area (Å²) in [6.07, 6.45) is -0.475. The highest BCUT2D eigenvalue weighted by atomic mass is 19.4. The summed E-state index contributed by atoms with van der Waals surface area (Å²) in [5, 5.41) is 2.47. The quantitative estimate of drug-likeness (QED) is 0.744. The minimum absolute atomic E-state index is 0.0433. The molecule has 0 bridgehead atoms. The fraction of sp³-hybridized carbons (Fsp3) is 0.609. The molecule has 7 nitrogen and oxygen atoms in total. The molecular formula is C23H29F3N4O3. The highest BCUT2D eigenvalue weighted by Gasteiger charge is 2.49. The second-order valence-corrected chi connectivity index (χ2v) is 9.03. The number of carbonyl (C=O) groups is 3. The van der Waals surface area contributed by atoms with Gasteiger partial charge in [-0.15, -0.1) is 0 Å². The minimum Gasteiger partial charge on any atom is -0.340 e. The maximum absolute atomic E-state index is 13.9. The molecule has 0 spiro atoms. The first-order chi connectivity index (χ1) is 15.7. The van der Waals surface area contributed by atoms with Crippen LogP contribution in [0.15, 0.2) is 24.3 Å². The Morgan fingerprint density at radius 2 is 1.67 bits per heavy atom. The van der Waals surface area contributed by atoms with E-state index in [0.717, 1.165) is 25.7 Å². The first kappa shape index (κ1) is 23.5. The van der Waals surface area contributed by atoms with Crippen LogP contribution in [0.5, 0.6) is 0 Å². The third kappa shape index (κ3) is 5.31. The lowest BCUT2D eigenvalue weighted by atomic mass is 9.88. The molecule has 1 saturated carbocycles. The second-order valence-electron chi connectivity index (χ2n) is 9.03. The van der Waals surface area contributed by atoms with E-state index in [2.05, 4.69) is 5.32 Å². The average Bonchev–Trinajstić information content (AvgIpc) is 2.95. The van der Waals surface area contributed by atoms with Gasteiger partial charge >= 0.3 is 6.18 Å². The largest absolute Gasteiger partial charge is 0.409 e. The Balaban J connectivity index is 1.44. The van der Waals surface area contributed by atoms with Gasteiger partial charge in [0.2, 0.25) is 17.7 Å². The van der Waals surface area contributed by atoms with Crippen molar-refractivity contribution in [1.29, 1.82) is 0 Å². The Hall–Kier alpha value is -2.62. The van der Waals surface area contributed by atoms with Crippen molar-refractivity contribution >= 4 is 29.1 Å².